The van der Waals surface area contributed by atoms with E-state index >= 15 is 0 Å². The first kappa shape index (κ1) is 13.7. The largest absolute Gasteiger partial charge is 0.354 e. The summed E-state index contributed by atoms with van der Waals surface area (Å²) in [5.74, 6) is 0.0232. The van der Waals surface area contributed by atoms with E-state index in [1.807, 2.05) is 45.0 Å². The van der Waals surface area contributed by atoms with Gasteiger partial charge in [-0.3, -0.25) is 4.79 Å². The number of nitrogens with one attached hydrogen (secondary N) is 1. The van der Waals surface area contributed by atoms with Gasteiger partial charge in [0.2, 0.25) is 5.91 Å². The number of carbonyl (C=O) groups excluding carboxylic acids is 1. The highest BCUT2D eigenvalue weighted by Gasteiger charge is 2.14. The van der Waals surface area contributed by atoms with Crippen molar-refractivity contribution in [3.05, 3.63) is 35.4 Å². The summed E-state index contributed by atoms with van der Waals surface area (Å²) in [6.07, 6.45) is 1.28. The molecule has 0 unspecified atom stereocenters. The molecule has 0 saturated carbocycles. The zero-order valence-corrected chi connectivity index (χ0v) is 10.9. The first-order valence-corrected chi connectivity index (χ1v) is 6.15. The molecule has 1 rings (SSSR count). The highest BCUT2D eigenvalue weighted by molar-refractivity contribution is 5.77. The number of amides is 1. The molecule has 1 aromatic rings. The lowest BCUT2D eigenvalue weighted by Crippen LogP contribution is -2.34. The smallest absolute Gasteiger partial charge is 0.222 e. The molecule has 1 aromatic carbocycles. The maximum absolute atomic E-state index is 11.7. The number of carbonyl (C=O) groups is 1. The Morgan fingerprint density at radius 3 is 2.65 bits per heavy atom. The molecule has 0 heterocycles. The van der Waals surface area contributed by atoms with Crippen LogP contribution in [0.5, 0.6) is 0 Å². The van der Waals surface area contributed by atoms with Crippen LogP contribution in [0.4, 0.5) is 0 Å². The Bertz CT molecular complexity index is 376. The van der Waals surface area contributed by atoms with Gasteiger partial charge in [-0.15, -0.1) is 0 Å². The quantitative estimate of drug-likeness (QED) is 0.821. The van der Waals surface area contributed by atoms with Crippen molar-refractivity contribution in [3.63, 3.8) is 0 Å². The highest BCUT2D eigenvalue weighted by atomic mass is 16.1. The third kappa shape index (κ3) is 4.19. The number of nitrogens with two attached hydrogens (primary N) is 1. The second-order valence-corrected chi connectivity index (χ2v) is 4.54. The standard InChI is InChI=1S/C14H22N2O/c1-4-11(3)16-14(17)9-13(15)12-8-6-5-7-10(12)2/h5-8,11,13H,4,9,15H2,1-3H3,(H,16,17)/t11-,13+/m1/s1. The molecule has 0 saturated heterocycles. The predicted octanol–water partition coefficient (Wildman–Crippen LogP) is 2.30. The minimum Gasteiger partial charge on any atom is -0.354 e. The second kappa shape index (κ2) is 6.40. The van der Waals surface area contributed by atoms with Gasteiger partial charge in [0.1, 0.15) is 0 Å². The van der Waals surface area contributed by atoms with Crippen LogP contribution in [0.15, 0.2) is 24.3 Å². The normalized spacial score (nSPS) is 14.1. The number of aryl methyl sites for hydroxylation is 1. The molecule has 3 nitrogen and oxygen atoms in total. The van der Waals surface area contributed by atoms with E-state index < -0.39 is 0 Å². The van der Waals surface area contributed by atoms with E-state index in [9.17, 15) is 4.79 Å². The van der Waals surface area contributed by atoms with Crippen molar-refractivity contribution in [3.8, 4) is 0 Å². The first-order valence-electron chi connectivity index (χ1n) is 6.15. The SMILES string of the molecule is CC[C@@H](C)NC(=O)C[C@H](N)c1ccccc1C. The summed E-state index contributed by atoms with van der Waals surface area (Å²) >= 11 is 0. The molecule has 0 aromatic heterocycles. The van der Waals surface area contributed by atoms with Gasteiger partial charge in [0.25, 0.3) is 0 Å². The molecule has 3 heteroatoms. The number of hydrogen-bond donors (Lipinski definition) is 2. The molecule has 2 atom stereocenters. The van der Waals surface area contributed by atoms with Crippen molar-refractivity contribution in [2.24, 2.45) is 5.73 Å². The van der Waals surface area contributed by atoms with Crippen LogP contribution in [0.3, 0.4) is 0 Å². The van der Waals surface area contributed by atoms with E-state index in [2.05, 4.69) is 5.32 Å². The molecule has 0 aliphatic carbocycles. The van der Waals surface area contributed by atoms with Crippen molar-refractivity contribution in [2.45, 2.75) is 45.7 Å². The lowest BCUT2D eigenvalue weighted by molar-refractivity contribution is -0.122. The Kier molecular flexibility index (Phi) is 5.16. The Labute approximate surface area is 103 Å². The molecule has 3 N–H and O–H groups in total. The zero-order chi connectivity index (χ0) is 12.8. The second-order valence-electron chi connectivity index (χ2n) is 4.54. The summed E-state index contributed by atoms with van der Waals surface area (Å²) in [7, 11) is 0. The minimum atomic E-state index is -0.222. The number of hydrogen-bond acceptors (Lipinski definition) is 2. The lowest BCUT2D eigenvalue weighted by Gasteiger charge is -2.16. The average Bonchev–Trinajstić information content (AvgIpc) is 2.29. The van der Waals surface area contributed by atoms with Crippen molar-refractivity contribution < 1.29 is 4.79 Å². The monoisotopic (exact) mass is 234 g/mol. The maximum atomic E-state index is 11.7. The van der Waals surface area contributed by atoms with Gasteiger partial charge < -0.3 is 11.1 Å². The Morgan fingerprint density at radius 1 is 1.41 bits per heavy atom. The van der Waals surface area contributed by atoms with Crippen LogP contribution in [0.25, 0.3) is 0 Å². The van der Waals surface area contributed by atoms with Gasteiger partial charge in [-0.1, -0.05) is 31.2 Å². The van der Waals surface area contributed by atoms with Crippen LogP contribution in [0.2, 0.25) is 0 Å². The fourth-order valence-electron chi connectivity index (χ4n) is 1.75. The maximum Gasteiger partial charge on any atom is 0.222 e. The summed E-state index contributed by atoms with van der Waals surface area (Å²) in [5.41, 5.74) is 8.24. The van der Waals surface area contributed by atoms with Gasteiger partial charge in [0.05, 0.1) is 0 Å². The van der Waals surface area contributed by atoms with E-state index in [0.29, 0.717) is 6.42 Å². The number of rotatable bonds is 5. The molecule has 0 aliphatic rings. The van der Waals surface area contributed by atoms with E-state index in [-0.39, 0.29) is 18.0 Å². The molecule has 0 radical (unpaired) electrons. The zero-order valence-electron chi connectivity index (χ0n) is 10.9. The van der Waals surface area contributed by atoms with Crippen molar-refractivity contribution in [1.29, 1.82) is 0 Å². The van der Waals surface area contributed by atoms with Gasteiger partial charge in [0, 0.05) is 18.5 Å². The van der Waals surface area contributed by atoms with Gasteiger partial charge in [-0.25, -0.2) is 0 Å². The summed E-state index contributed by atoms with van der Waals surface area (Å²) in [6, 6.07) is 7.92. The minimum absolute atomic E-state index is 0.0232. The lowest BCUT2D eigenvalue weighted by atomic mass is 9.99. The van der Waals surface area contributed by atoms with Gasteiger partial charge >= 0.3 is 0 Å². The molecule has 17 heavy (non-hydrogen) atoms. The Balaban J connectivity index is 2.58. The van der Waals surface area contributed by atoms with Crippen LogP contribution in [-0.2, 0) is 4.79 Å². The van der Waals surface area contributed by atoms with Gasteiger partial charge in [-0.2, -0.15) is 0 Å². The number of benzene rings is 1. The fourth-order valence-corrected chi connectivity index (χ4v) is 1.75. The Hall–Kier alpha value is -1.35. The molecule has 94 valence electrons. The summed E-state index contributed by atoms with van der Waals surface area (Å²) in [5, 5.41) is 2.93. The van der Waals surface area contributed by atoms with Crippen LogP contribution in [-0.4, -0.2) is 11.9 Å². The fraction of sp³-hybridized carbons (Fsp3) is 0.500. The molecular formula is C14H22N2O. The van der Waals surface area contributed by atoms with Gasteiger partial charge in [-0.05, 0) is 31.4 Å². The molecule has 0 bridgehead atoms. The van der Waals surface area contributed by atoms with E-state index in [0.717, 1.165) is 17.5 Å². The topological polar surface area (TPSA) is 55.1 Å². The van der Waals surface area contributed by atoms with Crippen molar-refractivity contribution >= 4 is 5.91 Å². The van der Waals surface area contributed by atoms with E-state index in [1.165, 1.54) is 0 Å². The predicted molar refractivity (Wildman–Crippen MR) is 70.6 cm³/mol. The third-order valence-electron chi connectivity index (χ3n) is 3.01. The molecular weight excluding hydrogens is 212 g/mol. The van der Waals surface area contributed by atoms with E-state index in [1.54, 1.807) is 0 Å². The van der Waals surface area contributed by atoms with Crippen LogP contribution in [0.1, 0.15) is 43.9 Å². The van der Waals surface area contributed by atoms with Crippen LogP contribution >= 0.6 is 0 Å². The summed E-state index contributed by atoms with van der Waals surface area (Å²) in [6.45, 7) is 6.06. The van der Waals surface area contributed by atoms with Crippen LogP contribution < -0.4 is 11.1 Å². The molecule has 0 fully saturated rings. The summed E-state index contributed by atoms with van der Waals surface area (Å²) < 4.78 is 0. The molecule has 0 spiro atoms. The molecule has 0 aliphatic heterocycles. The summed E-state index contributed by atoms with van der Waals surface area (Å²) in [4.78, 5) is 11.7. The van der Waals surface area contributed by atoms with Crippen LogP contribution in [0, 0.1) is 6.92 Å². The van der Waals surface area contributed by atoms with Crippen molar-refractivity contribution in [2.75, 3.05) is 0 Å². The van der Waals surface area contributed by atoms with E-state index in [4.69, 9.17) is 5.73 Å². The van der Waals surface area contributed by atoms with Gasteiger partial charge in [0.15, 0.2) is 0 Å². The third-order valence-corrected chi connectivity index (χ3v) is 3.01. The Morgan fingerprint density at radius 2 is 2.06 bits per heavy atom. The van der Waals surface area contributed by atoms with Crippen molar-refractivity contribution in [1.82, 2.24) is 5.32 Å². The first-order chi connectivity index (χ1) is 8.04. The highest BCUT2D eigenvalue weighted by Crippen LogP contribution is 2.17. The average molecular weight is 234 g/mol. The molecule has 1 amide bonds.